The van der Waals surface area contributed by atoms with Gasteiger partial charge in [-0.3, -0.25) is 14.5 Å². The third-order valence-electron chi connectivity index (χ3n) is 4.63. The maximum absolute atomic E-state index is 12.5. The van der Waals surface area contributed by atoms with Crippen molar-refractivity contribution in [2.75, 3.05) is 19.6 Å². The SMILES string of the molecule is NC(=O)c1cccc(C(=O)NC[C@@H](c2ccccc2)N2CCCC2)c1. The third kappa shape index (κ3) is 4.25. The molecule has 0 spiro atoms. The molecule has 25 heavy (non-hydrogen) atoms. The minimum Gasteiger partial charge on any atom is -0.366 e. The summed E-state index contributed by atoms with van der Waals surface area (Å²) in [6.07, 6.45) is 2.38. The van der Waals surface area contributed by atoms with Crippen LogP contribution in [-0.4, -0.2) is 36.3 Å². The number of primary amides is 1. The number of hydrogen-bond acceptors (Lipinski definition) is 3. The van der Waals surface area contributed by atoms with Gasteiger partial charge in [0.2, 0.25) is 5.91 Å². The lowest BCUT2D eigenvalue weighted by Crippen LogP contribution is -2.36. The van der Waals surface area contributed by atoms with Gasteiger partial charge in [0.25, 0.3) is 5.91 Å². The highest BCUT2D eigenvalue weighted by molar-refractivity contribution is 5.99. The molecule has 1 saturated heterocycles. The second-order valence-electron chi connectivity index (χ2n) is 6.32. The smallest absolute Gasteiger partial charge is 0.251 e. The molecule has 2 aromatic carbocycles. The summed E-state index contributed by atoms with van der Waals surface area (Å²) in [6, 6.07) is 16.9. The Kier molecular flexibility index (Phi) is 5.46. The number of nitrogens with two attached hydrogens (primary N) is 1. The molecule has 1 aliphatic rings. The average molecular weight is 337 g/mol. The lowest BCUT2D eigenvalue weighted by molar-refractivity contribution is 0.0938. The van der Waals surface area contributed by atoms with Crippen molar-refractivity contribution in [1.29, 1.82) is 0 Å². The summed E-state index contributed by atoms with van der Waals surface area (Å²) in [5, 5.41) is 3.01. The summed E-state index contributed by atoms with van der Waals surface area (Å²) in [5.74, 6) is -0.725. The molecule has 0 aromatic heterocycles. The van der Waals surface area contributed by atoms with Crippen molar-refractivity contribution in [3.63, 3.8) is 0 Å². The first kappa shape index (κ1) is 17.2. The average Bonchev–Trinajstić information content (AvgIpc) is 3.17. The summed E-state index contributed by atoms with van der Waals surface area (Å²) < 4.78 is 0. The Bertz CT molecular complexity index is 740. The monoisotopic (exact) mass is 337 g/mol. The lowest BCUT2D eigenvalue weighted by Gasteiger charge is -2.28. The largest absolute Gasteiger partial charge is 0.366 e. The molecule has 1 atom stereocenters. The Morgan fingerprint density at radius 3 is 2.36 bits per heavy atom. The molecule has 0 saturated carbocycles. The van der Waals surface area contributed by atoms with Gasteiger partial charge in [-0.05, 0) is 49.7 Å². The quantitative estimate of drug-likeness (QED) is 0.849. The number of amides is 2. The highest BCUT2D eigenvalue weighted by Crippen LogP contribution is 2.24. The molecule has 0 unspecified atom stereocenters. The van der Waals surface area contributed by atoms with Crippen LogP contribution in [0.25, 0.3) is 0 Å². The van der Waals surface area contributed by atoms with Crippen molar-refractivity contribution in [3.8, 4) is 0 Å². The zero-order valence-electron chi connectivity index (χ0n) is 14.2. The molecule has 0 aliphatic carbocycles. The number of carbonyl (C=O) groups is 2. The molecular weight excluding hydrogens is 314 g/mol. The van der Waals surface area contributed by atoms with Crippen molar-refractivity contribution >= 4 is 11.8 Å². The van der Waals surface area contributed by atoms with Crippen LogP contribution in [0.5, 0.6) is 0 Å². The van der Waals surface area contributed by atoms with Crippen LogP contribution in [0.15, 0.2) is 54.6 Å². The molecule has 3 N–H and O–H groups in total. The summed E-state index contributed by atoms with van der Waals surface area (Å²) >= 11 is 0. The van der Waals surface area contributed by atoms with E-state index < -0.39 is 5.91 Å². The van der Waals surface area contributed by atoms with Crippen molar-refractivity contribution < 1.29 is 9.59 Å². The van der Waals surface area contributed by atoms with Crippen LogP contribution >= 0.6 is 0 Å². The Balaban J connectivity index is 1.71. The fourth-order valence-electron chi connectivity index (χ4n) is 3.29. The lowest BCUT2D eigenvalue weighted by atomic mass is 10.0. The zero-order chi connectivity index (χ0) is 17.6. The maximum Gasteiger partial charge on any atom is 0.251 e. The molecule has 0 radical (unpaired) electrons. The summed E-state index contributed by atoms with van der Waals surface area (Å²) in [7, 11) is 0. The minimum atomic E-state index is -0.533. The molecule has 2 aromatic rings. The van der Waals surface area contributed by atoms with E-state index in [0.717, 1.165) is 13.1 Å². The topological polar surface area (TPSA) is 75.4 Å². The first-order valence-corrected chi connectivity index (χ1v) is 8.62. The molecular formula is C20H23N3O2. The Morgan fingerprint density at radius 2 is 1.68 bits per heavy atom. The van der Waals surface area contributed by atoms with Gasteiger partial charge in [0.15, 0.2) is 0 Å². The maximum atomic E-state index is 12.5. The van der Waals surface area contributed by atoms with Gasteiger partial charge in [-0.15, -0.1) is 0 Å². The fourth-order valence-corrected chi connectivity index (χ4v) is 3.29. The molecule has 5 heteroatoms. The van der Waals surface area contributed by atoms with Gasteiger partial charge >= 0.3 is 0 Å². The number of rotatable bonds is 6. The summed E-state index contributed by atoms with van der Waals surface area (Å²) in [4.78, 5) is 26.2. The Labute approximate surface area is 147 Å². The van der Waals surface area contributed by atoms with E-state index in [0.29, 0.717) is 17.7 Å². The number of benzene rings is 2. The molecule has 1 aliphatic heterocycles. The molecule has 130 valence electrons. The van der Waals surface area contributed by atoms with Gasteiger partial charge in [-0.1, -0.05) is 36.4 Å². The van der Waals surface area contributed by atoms with E-state index in [1.807, 2.05) is 18.2 Å². The van der Waals surface area contributed by atoms with Gasteiger partial charge in [-0.25, -0.2) is 0 Å². The first-order valence-electron chi connectivity index (χ1n) is 8.62. The van der Waals surface area contributed by atoms with Gasteiger partial charge < -0.3 is 11.1 Å². The van der Waals surface area contributed by atoms with E-state index in [4.69, 9.17) is 5.73 Å². The normalized spacial score (nSPS) is 15.7. The second-order valence-corrected chi connectivity index (χ2v) is 6.32. The third-order valence-corrected chi connectivity index (χ3v) is 4.63. The van der Waals surface area contributed by atoms with E-state index in [1.165, 1.54) is 24.5 Å². The van der Waals surface area contributed by atoms with Crippen molar-refractivity contribution in [1.82, 2.24) is 10.2 Å². The van der Waals surface area contributed by atoms with E-state index in [-0.39, 0.29) is 11.9 Å². The summed E-state index contributed by atoms with van der Waals surface area (Å²) in [5.41, 5.74) is 7.28. The first-order chi connectivity index (χ1) is 12.1. The summed E-state index contributed by atoms with van der Waals surface area (Å²) in [6.45, 7) is 2.63. The van der Waals surface area contributed by atoms with Crippen LogP contribution < -0.4 is 11.1 Å². The number of likely N-dealkylation sites (tertiary alicyclic amines) is 1. The highest BCUT2D eigenvalue weighted by Gasteiger charge is 2.24. The standard InChI is InChI=1S/C20H23N3O2/c21-19(24)16-9-6-10-17(13-16)20(25)22-14-18(23-11-4-5-12-23)15-7-2-1-3-8-15/h1-3,6-10,13,18H,4-5,11-12,14H2,(H2,21,24)(H,22,25)/t18-/m0/s1. The Morgan fingerprint density at radius 1 is 1.00 bits per heavy atom. The number of carbonyl (C=O) groups excluding carboxylic acids is 2. The van der Waals surface area contributed by atoms with E-state index in [2.05, 4.69) is 22.3 Å². The molecule has 5 nitrogen and oxygen atoms in total. The van der Waals surface area contributed by atoms with Crippen molar-refractivity contribution in [3.05, 3.63) is 71.3 Å². The van der Waals surface area contributed by atoms with Gasteiger partial charge in [0.05, 0.1) is 6.04 Å². The molecule has 3 rings (SSSR count). The second kappa shape index (κ2) is 7.94. The molecule has 1 heterocycles. The van der Waals surface area contributed by atoms with Gasteiger partial charge in [0.1, 0.15) is 0 Å². The van der Waals surface area contributed by atoms with E-state index >= 15 is 0 Å². The number of nitrogens with zero attached hydrogens (tertiary/aromatic N) is 1. The predicted octanol–water partition coefficient (Wildman–Crippen LogP) is 2.35. The highest BCUT2D eigenvalue weighted by atomic mass is 16.2. The van der Waals surface area contributed by atoms with E-state index in [1.54, 1.807) is 18.2 Å². The van der Waals surface area contributed by atoms with Crippen LogP contribution in [0.3, 0.4) is 0 Å². The zero-order valence-corrected chi connectivity index (χ0v) is 14.2. The minimum absolute atomic E-state index is 0.159. The number of nitrogens with one attached hydrogen (secondary N) is 1. The molecule has 2 amide bonds. The van der Waals surface area contributed by atoms with Crippen LogP contribution in [-0.2, 0) is 0 Å². The van der Waals surface area contributed by atoms with Crippen LogP contribution in [0, 0.1) is 0 Å². The van der Waals surface area contributed by atoms with Crippen LogP contribution in [0.2, 0.25) is 0 Å². The van der Waals surface area contributed by atoms with E-state index in [9.17, 15) is 9.59 Å². The fraction of sp³-hybridized carbons (Fsp3) is 0.300. The molecule has 1 fully saturated rings. The van der Waals surface area contributed by atoms with Crippen molar-refractivity contribution in [2.45, 2.75) is 18.9 Å². The Hall–Kier alpha value is -2.66. The van der Waals surface area contributed by atoms with Crippen LogP contribution in [0.4, 0.5) is 0 Å². The molecule has 0 bridgehead atoms. The van der Waals surface area contributed by atoms with Gasteiger partial charge in [-0.2, -0.15) is 0 Å². The number of hydrogen-bond donors (Lipinski definition) is 2. The predicted molar refractivity (Wildman–Crippen MR) is 97.3 cm³/mol. The van der Waals surface area contributed by atoms with Crippen LogP contribution in [0.1, 0.15) is 45.2 Å². The van der Waals surface area contributed by atoms with Gasteiger partial charge in [0, 0.05) is 17.7 Å². The van der Waals surface area contributed by atoms with Crippen molar-refractivity contribution in [2.24, 2.45) is 5.73 Å².